The third kappa shape index (κ3) is 5.16. The van der Waals surface area contributed by atoms with Gasteiger partial charge in [0.25, 0.3) is 5.91 Å². The number of nitrogens with one attached hydrogen (secondary N) is 1. The van der Waals surface area contributed by atoms with Gasteiger partial charge in [-0.2, -0.15) is 0 Å². The maximum Gasteiger partial charge on any atom is 0.356 e. The molecule has 5 aromatic rings. The molecule has 2 amide bonds. The molecule has 46 heavy (non-hydrogen) atoms. The van der Waals surface area contributed by atoms with Crippen molar-refractivity contribution in [1.82, 2.24) is 10.2 Å². The van der Waals surface area contributed by atoms with Crippen molar-refractivity contribution in [2.75, 3.05) is 24.7 Å². The van der Waals surface area contributed by atoms with E-state index < -0.39 is 13.1 Å². The van der Waals surface area contributed by atoms with Gasteiger partial charge < -0.3 is 24.9 Å². The molecule has 0 saturated carbocycles. The summed E-state index contributed by atoms with van der Waals surface area (Å²) in [6, 6.07) is 30.7. The van der Waals surface area contributed by atoms with Gasteiger partial charge in [-0.05, 0) is 70.3 Å². The summed E-state index contributed by atoms with van der Waals surface area (Å²) in [5.74, 6) is -0.754. The molecular weight excluding hydrogens is 601 g/mol. The fraction of sp³-hybridized carbons (Fsp3) is 0.194. The van der Waals surface area contributed by atoms with Crippen LogP contribution < -0.4 is 15.5 Å². The first-order valence-corrected chi connectivity index (χ1v) is 16.8. The standard InChI is InChI=1S/C36H32N3O6P/c40-32(21-26-10-6-9-24-8-4-5-14-28(24)26)30-22-29-25(11-7-15-33(29)46(43,44)45)20-31(30)34(41)38-18-16-36(17-19-38)35(42)37-23-39(36)27-12-2-1-3-13-27/h1-15,20,22H,16-19,21,23H2,(H,37,42)(H2,43,44,45). The maximum atomic E-state index is 14.3. The summed E-state index contributed by atoms with van der Waals surface area (Å²) in [4.78, 5) is 65.5. The number of hydrogen-bond acceptors (Lipinski definition) is 5. The molecule has 0 aromatic heterocycles. The van der Waals surface area contributed by atoms with E-state index in [2.05, 4.69) is 10.2 Å². The first kappa shape index (κ1) is 29.9. The van der Waals surface area contributed by atoms with Gasteiger partial charge in [-0.15, -0.1) is 0 Å². The van der Waals surface area contributed by atoms with Gasteiger partial charge in [0.15, 0.2) is 5.78 Å². The second-order valence-corrected chi connectivity index (χ2v) is 13.5. The van der Waals surface area contributed by atoms with Crippen LogP contribution in [0.25, 0.3) is 21.5 Å². The molecule has 2 aliphatic heterocycles. The molecule has 2 heterocycles. The summed E-state index contributed by atoms with van der Waals surface area (Å²) < 4.78 is 12.4. The molecule has 0 radical (unpaired) electrons. The molecule has 2 saturated heterocycles. The molecule has 0 bridgehead atoms. The van der Waals surface area contributed by atoms with Crippen LogP contribution in [0.3, 0.4) is 0 Å². The Kier molecular flexibility index (Phi) is 7.48. The number of nitrogens with zero attached hydrogens (tertiary/aromatic N) is 2. The van der Waals surface area contributed by atoms with Crippen LogP contribution in [-0.4, -0.2) is 57.6 Å². The van der Waals surface area contributed by atoms with E-state index in [-0.39, 0.29) is 45.8 Å². The zero-order valence-electron chi connectivity index (χ0n) is 24.9. The number of hydrogen-bond donors (Lipinski definition) is 3. The summed E-state index contributed by atoms with van der Waals surface area (Å²) in [7, 11) is -4.68. The molecule has 1 spiro atoms. The zero-order chi connectivity index (χ0) is 32.1. The van der Waals surface area contributed by atoms with Crippen molar-refractivity contribution in [1.29, 1.82) is 0 Å². The molecule has 0 unspecified atom stereocenters. The van der Waals surface area contributed by atoms with Crippen LogP contribution in [0.1, 0.15) is 39.1 Å². The summed E-state index contributed by atoms with van der Waals surface area (Å²) in [5.41, 5.74) is 1.21. The molecule has 3 N–H and O–H groups in total. The van der Waals surface area contributed by atoms with E-state index in [0.717, 1.165) is 22.0 Å². The van der Waals surface area contributed by atoms with Gasteiger partial charge in [0.05, 0.1) is 17.5 Å². The van der Waals surface area contributed by atoms with Crippen molar-refractivity contribution in [2.45, 2.75) is 24.8 Å². The van der Waals surface area contributed by atoms with E-state index in [4.69, 9.17) is 0 Å². The van der Waals surface area contributed by atoms with Crippen molar-refractivity contribution in [2.24, 2.45) is 0 Å². The molecule has 0 atom stereocenters. The summed E-state index contributed by atoms with van der Waals surface area (Å²) in [5, 5.41) is 5.36. The van der Waals surface area contributed by atoms with Gasteiger partial charge in [-0.1, -0.05) is 72.8 Å². The largest absolute Gasteiger partial charge is 0.356 e. The highest BCUT2D eigenvalue weighted by Gasteiger charge is 2.51. The van der Waals surface area contributed by atoms with E-state index in [1.54, 1.807) is 17.0 Å². The van der Waals surface area contributed by atoms with E-state index in [0.29, 0.717) is 38.0 Å². The fourth-order valence-electron chi connectivity index (χ4n) is 6.97. The molecule has 5 aromatic carbocycles. The van der Waals surface area contributed by atoms with Crippen molar-refractivity contribution >= 4 is 57.7 Å². The lowest BCUT2D eigenvalue weighted by Gasteiger charge is -2.43. The predicted molar refractivity (Wildman–Crippen MR) is 177 cm³/mol. The Morgan fingerprint density at radius 2 is 1.46 bits per heavy atom. The number of likely N-dealkylation sites (tertiary alicyclic amines) is 1. The van der Waals surface area contributed by atoms with Gasteiger partial charge in [-0.3, -0.25) is 18.9 Å². The van der Waals surface area contributed by atoms with Crippen molar-refractivity contribution in [3.8, 4) is 0 Å². The minimum Gasteiger partial charge on any atom is -0.339 e. The van der Waals surface area contributed by atoms with Crippen LogP contribution in [0.5, 0.6) is 0 Å². The van der Waals surface area contributed by atoms with Crippen LogP contribution in [0, 0.1) is 0 Å². The van der Waals surface area contributed by atoms with Crippen LogP contribution in [0.4, 0.5) is 5.69 Å². The Balaban J connectivity index is 1.25. The third-order valence-corrected chi connectivity index (χ3v) is 10.4. The van der Waals surface area contributed by atoms with Gasteiger partial charge in [0.1, 0.15) is 5.54 Å². The topological polar surface area (TPSA) is 127 Å². The Bertz CT molecular complexity index is 2060. The minimum absolute atomic E-state index is 0.000531. The Morgan fingerprint density at radius 3 is 2.22 bits per heavy atom. The van der Waals surface area contributed by atoms with Gasteiger partial charge in [-0.25, -0.2) is 0 Å². The van der Waals surface area contributed by atoms with Crippen LogP contribution in [-0.2, 0) is 15.8 Å². The summed E-state index contributed by atoms with van der Waals surface area (Å²) in [6.45, 7) is 0.983. The number of ketones is 1. The smallest absolute Gasteiger partial charge is 0.339 e. The first-order valence-electron chi connectivity index (χ1n) is 15.2. The first-order chi connectivity index (χ1) is 22.2. The SMILES string of the molecule is O=C(Cc1cccc2ccccc12)c1cc2c(P(=O)(O)O)cccc2cc1C(=O)N1CCC2(CC1)C(=O)NCN2c1ccccc1. The Morgan fingerprint density at radius 1 is 0.783 bits per heavy atom. The molecule has 7 rings (SSSR count). The number of fused-ring (bicyclic) bond motifs is 2. The molecule has 2 fully saturated rings. The second-order valence-electron chi connectivity index (χ2n) is 11.9. The number of carbonyl (C=O) groups excluding carboxylic acids is 3. The molecule has 9 nitrogen and oxygen atoms in total. The number of anilines is 1. The highest BCUT2D eigenvalue weighted by Crippen LogP contribution is 2.39. The van der Waals surface area contributed by atoms with Crippen LogP contribution >= 0.6 is 7.60 Å². The summed E-state index contributed by atoms with van der Waals surface area (Å²) in [6.07, 6.45) is 0.823. The normalized spacial score (nSPS) is 16.3. The third-order valence-electron chi connectivity index (χ3n) is 9.35. The number of para-hydroxylation sites is 1. The van der Waals surface area contributed by atoms with Crippen molar-refractivity contribution in [3.63, 3.8) is 0 Å². The molecular formula is C36H32N3O6P. The number of amides is 2. The van der Waals surface area contributed by atoms with Gasteiger partial charge >= 0.3 is 7.60 Å². The van der Waals surface area contributed by atoms with Crippen molar-refractivity contribution < 1.29 is 28.7 Å². The number of rotatable bonds is 6. The molecule has 2 aliphatic rings. The van der Waals surface area contributed by atoms with Gasteiger partial charge in [0.2, 0.25) is 5.91 Å². The Hall–Kier alpha value is -4.82. The molecule has 10 heteroatoms. The van der Waals surface area contributed by atoms with E-state index >= 15 is 0 Å². The quantitative estimate of drug-likeness (QED) is 0.181. The van der Waals surface area contributed by atoms with E-state index in [9.17, 15) is 28.7 Å². The zero-order valence-corrected chi connectivity index (χ0v) is 25.8. The molecule has 0 aliphatic carbocycles. The molecule has 232 valence electrons. The number of Topliss-reactive ketones (excluding diaryl/α,β-unsaturated/α-hetero) is 1. The lowest BCUT2D eigenvalue weighted by atomic mass is 9.85. The van der Waals surface area contributed by atoms with Crippen LogP contribution in [0.2, 0.25) is 0 Å². The average molecular weight is 634 g/mol. The van der Waals surface area contributed by atoms with Crippen LogP contribution in [0.15, 0.2) is 103 Å². The lowest BCUT2D eigenvalue weighted by molar-refractivity contribution is -0.124. The maximum absolute atomic E-state index is 14.3. The minimum atomic E-state index is -4.68. The second kappa shape index (κ2) is 11.5. The Labute approximate surface area is 265 Å². The highest BCUT2D eigenvalue weighted by atomic mass is 31.2. The highest BCUT2D eigenvalue weighted by molar-refractivity contribution is 7.60. The predicted octanol–water partition coefficient (Wildman–Crippen LogP) is 4.79. The number of benzene rings is 5. The monoisotopic (exact) mass is 633 g/mol. The number of piperidine rings is 1. The van der Waals surface area contributed by atoms with Gasteiger partial charge in [0, 0.05) is 30.8 Å². The fourth-order valence-corrected chi connectivity index (χ4v) is 7.76. The number of carbonyl (C=O) groups is 3. The van der Waals surface area contributed by atoms with E-state index in [1.165, 1.54) is 18.2 Å². The average Bonchev–Trinajstić information content (AvgIpc) is 3.38. The van der Waals surface area contributed by atoms with E-state index in [1.807, 2.05) is 72.8 Å². The lowest BCUT2D eigenvalue weighted by Crippen LogP contribution is -2.57. The summed E-state index contributed by atoms with van der Waals surface area (Å²) >= 11 is 0. The van der Waals surface area contributed by atoms with Crippen molar-refractivity contribution in [3.05, 3.63) is 120 Å².